The third kappa shape index (κ3) is 6.31. The van der Waals surface area contributed by atoms with Gasteiger partial charge < -0.3 is 39.4 Å². The molecule has 2 aromatic rings. The first-order valence-electron chi connectivity index (χ1n) is 13.6. The summed E-state index contributed by atoms with van der Waals surface area (Å²) in [5, 5.41) is 5.81. The molecule has 0 aliphatic carbocycles. The summed E-state index contributed by atoms with van der Waals surface area (Å²) in [6.07, 6.45) is 1.96. The van der Waals surface area contributed by atoms with Crippen molar-refractivity contribution in [3.63, 3.8) is 0 Å². The first-order chi connectivity index (χ1) is 19.3. The molecular weight excluding hydrogens is 516 g/mol. The maximum Gasteiger partial charge on any atom is 0.257 e. The van der Waals surface area contributed by atoms with Crippen LogP contribution < -0.4 is 24.8 Å². The Morgan fingerprint density at radius 3 is 2.65 bits per heavy atom. The number of hydrogen-bond donors (Lipinski definition) is 2. The third-order valence-electron chi connectivity index (χ3n) is 7.42. The second kappa shape index (κ2) is 12.1. The van der Waals surface area contributed by atoms with Crippen molar-refractivity contribution in [2.75, 3.05) is 52.9 Å². The SMILES string of the molecule is CN(C)CCCNC(=O)C[C@@H]1CC[C@@H]2[C@H](COc3ccc(NC(=O)c4ccc5c(c4)OCO5)cc3C(=O)N2C)O1. The number of amides is 3. The molecule has 1 saturated heterocycles. The summed E-state index contributed by atoms with van der Waals surface area (Å²) >= 11 is 0. The molecule has 3 aliphatic heterocycles. The molecule has 1 fully saturated rings. The van der Waals surface area contributed by atoms with Crippen molar-refractivity contribution in [1.82, 2.24) is 15.1 Å². The van der Waals surface area contributed by atoms with E-state index in [0.717, 1.165) is 13.0 Å². The molecule has 0 bridgehead atoms. The summed E-state index contributed by atoms with van der Waals surface area (Å²) in [6, 6.07) is 9.79. The van der Waals surface area contributed by atoms with E-state index in [0.29, 0.717) is 53.4 Å². The van der Waals surface area contributed by atoms with Crippen LogP contribution in [0.5, 0.6) is 17.2 Å². The minimum atomic E-state index is -0.354. The fraction of sp³-hybridized carbons (Fsp3) is 0.483. The zero-order chi connectivity index (χ0) is 28.2. The number of carbonyl (C=O) groups excluding carboxylic acids is 3. The summed E-state index contributed by atoms with van der Waals surface area (Å²) < 4.78 is 23.0. The van der Waals surface area contributed by atoms with E-state index in [1.807, 2.05) is 14.1 Å². The van der Waals surface area contributed by atoms with E-state index in [4.69, 9.17) is 18.9 Å². The van der Waals surface area contributed by atoms with Gasteiger partial charge in [0.1, 0.15) is 18.5 Å². The highest BCUT2D eigenvalue weighted by Crippen LogP contribution is 2.34. The van der Waals surface area contributed by atoms with Gasteiger partial charge >= 0.3 is 0 Å². The van der Waals surface area contributed by atoms with Gasteiger partial charge in [-0.15, -0.1) is 0 Å². The minimum absolute atomic E-state index is 0.0286. The van der Waals surface area contributed by atoms with Gasteiger partial charge in [0.25, 0.3) is 11.8 Å². The lowest BCUT2D eigenvalue weighted by Crippen LogP contribution is -2.54. The van der Waals surface area contributed by atoms with Crippen molar-refractivity contribution in [3.8, 4) is 17.2 Å². The van der Waals surface area contributed by atoms with Gasteiger partial charge in [-0.25, -0.2) is 0 Å². The number of carbonyl (C=O) groups is 3. The number of likely N-dealkylation sites (N-methyl/N-ethyl adjacent to an activating group) is 1. The molecule has 0 radical (unpaired) electrons. The third-order valence-corrected chi connectivity index (χ3v) is 7.42. The van der Waals surface area contributed by atoms with E-state index in [1.165, 1.54) is 0 Å². The van der Waals surface area contributed by atoms with E-state index in [9.17, 15) is 14.4 Å². The van der Waals surface area contributed by atoms with Crippen LogP contribution in [0.4, 0.5) is 5.69 Å². The Kier molecular flexibility index (Phi) is 8.41. The molecule has 0 aromatic heterocycles. The topological polar surface area (TPSA) is 119 Å². The highest BCUT2D eigenvalue weighted by Gasteiger charge is 2.39. The number of nitrogens with one attached hydrogen (secondary N) is 2. The van der Waals surface area contributed by atoms with Crippen LogP contribution in [0.1, 0.15) is 46.4 Å². The molecule has 0 spiro atoms. The van der Waals surface area contributed by atoms with Crippen LogP contribution in [0.15, 0.2) is 36.4 Å². The minimum Gasteiger partial charge on any atom is -0.490 e. The average Bonchev–Trinajstić information content (AvgIpc) is 3.41. The quantitative estimate of drug-likeness (QED) is 0.480. The van der Waals surface area contributed by atoms with Crippen molar-refractivity contribution in [3.05, 3.63) is 47.5 Å². The van der Waals surface area contributed by atoms with Crippen molar-refractivity contribution < 1.29 is 33.3 Å². The zero-order valence-electron chi connectivity index (χ0n) is 23.1. The Bertz CT molecular complexity index is 1270. The largest absolute Gasteiger partial charge is 0.490 e. The maximum atomic E-state index is 13.5. The lowest BCUT2D eigenvalue weighted by molar-refractivity contribution is -0.134. The number of rotatable bonds is 8. The number of benzene rings is 2. The van der Waals surface area contributed by atoms with Gasteiger partial charge in [0, 0.05) is 24.8 Å². The van der Waals surface area contributed by atoms with Crippen molar-refractivity contribution in [1.29, 1.82) is 0 Å². The Labute approximate surface area is 233 Å². The predicted molar refractivity (Wildman–Crippen MR) is 147 cm³/mol. The molecule has 3 amide bonds. The van der Waals surface area contributed by atoms with Crippen LogP contribution in [-0.2, 0) is 9.53 Å². The molecular formula is C29H36N4O7. The second-order valence-corrected chi connectivity index (χ2v) is 10.6. The molecule has 11 nitrogen and oxygen atoms in total. The van der Waals surface area contributed by atoms with Crippen LogP contribution >= 0.6 is 0 Å². The van der Waals surface area contributed by atoms with E-state index in [2.05, 4.69) is 15.5 Å². The van der Waals surface area contributed by atoms with Gasteiger partial charge in [-0.1, -0.05) is 0 Å². The Balaban J connectivity index is 1.21. The highest BCUT2D eigenvalue weighted by atomic mass is 16.7. The lowest BCUT2D eigenvalue weighted by atomic mass is 9.94. The molecule has 2 N–H and O–H groups in total. The molecule has 11 heteroatoms. The average molecular weight is 553 g/mol. The van der Waals surface area contributed by atoms with Gasteiger partial charge in [-0.2, -0.15) is 0 Å². The number of anilines is 1. The molecule has 5 rings (SSSR count). The molecule has 0 saturated carbocycles. The van der Waals surface area contributed by atoms with Gasteiger partial charge in [0.15, 0.2) is 11.5 Å². The van der Waals surface area contributed by atoms with Crippen LogP contribution in [0.25, 0.3) is 0 Å². The second-order valence-electron chi connectivity index (χ2n) is 10.6. The molecule has 40 heavy (non-hydrogen) atoms. The van der Waals surface area contributed by atoms with E-state index in [1.54, 1.807) is 48.3 Å². The molecule has 2 aromatic carbocycles. The van der Waals surface area contributed by atoms with Gasteiger partial charge in [0.2, 0.25) is 12.7 Å². The standard InChI is InChI=1S/C29H36N4O7/c1-32(2)12-4-11-30-27(34)15-20-7-8-22-26(40-20)16-37-23-10-6-19(14-21(23)29(36)33(22)3)31-28(35)18-5-9-24-25(13-18)39-17-38-24/h5-6,9-10,13-14,20,22,26H,4,7-8,11-12,15-17H2,1-3H3,(H,30,34)(H,31,35)/t20-,22+,26-/m0/s1. The zero-order valence-corrected chi connectivity index (χ0v) is 23.1. The smallest absolute Gasteiger partial charge is 0.257 e. The Morgan fingerprint density at radius 1 is 1.02 bits per heavy atom. The predicted octanol–water partition coefficient (Wildman–Crippen LogP) is 2.51. The number of hydrogen-bond acceptors (Lipinski definition) is 8. The van der Waals surface area contributed by atoms with Crippen molar-refractivity contribution >= 4 is 23.4 Å². The number of fused-ring (bicyclic) bond motifs is 3. The van der Waals surface area contributed by atoms with Gasteiger partial charge in [0.05, 0.1) is 24.1 Å². The van der Waals surface area contributed by atoms with Crippen LogP contribution in [0, 0.1) is 0 Å². The van der Waals surface area contributed by atoms with Crippen molar-refractivity contribution in [2.24, 2.45) is 0 Å². The molecule has 0 unspecified atom stereocenters. The fourth-order valence-corrected chi connectivity index (χ4v) is 5.25. The van der Waals surface area contributed by atoms with Crippen LogP contribution in [0.3, 0.4) is 0 Å². The summed E-state index contributed by atoms with van der Waals surface area (Å²) in [5.74, 6) is 0.950. The Hall–Kier alpha value is -3.83. The number of ether oxygens (including phenoxy) is 4. The molecule has 3 heterocycles. The normalized spacial score (nSPS) is 21.6. The monoisotopic (exact) mass is 552 g/mol. The highest BCUT2D eigenvalue weighted by molar-refractivity contribution is 6.06. The first-order valence-corrected chi connectivity index (χ1v) is 13.6. The molecule has 3 aliphatic rings. The summed E-state index contributed by atoms with van der Waals surface area (Å²) in [4.78, 5) is 42.6. The van der Waals surface area contributed by atoms with Crippen molar-refractivity contribution in [2.45, 2.75) is 43.9 Å². The van der Waals surface area contributed by atoms with Gasteiger partial charge in [-0.3, -0.25) is 14.4 Å². The Morgan fingerprint density at radius 2 is 1.82 bits per heavy atom. The summed E-state index contributed by atoms with van der Waals surface area (Å²) in [6.45, 7) is 1.92. The van der Waals surface area contributed by atoms with Crippen LogP contribution in [-0.4, -0.2) is 93.4 Å². The summed E-state index contributed by atoms with van der Waals surface area (Å²) in [5.41, 5.74) is 1.25. The van der Waals surface area contributed by atoms with Gasteiger partial charge in [-0.05, 0) is 76.3 Å². The lowest BCUT2D eigenvalue weighted by Gasteiger charge is -2.42. The first kappa shape index (κ1) is 27.7. The van der Waals surface area contributed by atoms with E-state index in [-0.39, 0.29) is 55.8 Å². The number of nitrogens with zero attached hydrogens (tertiary/aromatic N) is 2. The molecule has 3 atom stereocenters. The molecule has 214 valence electrons. The van der Waals surface area contributed by atoms with E-state index >= 15 is 0 Å². The van der Waals surface area contributed by atoms with E-state index < -0.39 is 0 Å². The summed E-state index contributed by atoms with van der Waals surface area (Å²) in [7, 11) is 5.77. The maximum absolute atomic E-state index is 13.5. The fourth-order valence-electron chi connectivity index (χ4n) is 5.25. The van der Waals surface area contributed by atoms with Crippen LogP contribution in [0.2, 0.25) is 0 Å².